The summed E-state index contributed by atoms with van der Waals surface area (Å²) in [6.07, 6.45) is 0.980. The van der Waals surface area contributed by atoms with E-state index in [1.165, 1.54) is 16.5 Å². The van der Waals surface area contributed by atoms with E-state index in [-0.39, 0.29) is 5.54 Å². The second-order valence-electron chi connectivity index (χ2n) is 5.52. The molecule has 2 aromatic rings. The van der Waals surface area contributed by atoms with E-state index in [9.17, 15) is 0 Å². The molecule has 0 amide bonds. The number of nitrogens with zero attached hydrogens (tertiary/aromatic N) is 1. The molecule has 1 atom stereocenters. The highest BCUT2D eigenvalue weighted by atomic mass is 15.1. The fourth-order valence-electron chi connectivity index (χ4n) is 2.40. The van der Waals surface area contributed by atoms with Crippen molar-refractivity contribution < 1.29 is 0 Å². The summed E-state index contributed by atoms with van der Waals surface area (Å²) in [4.78, 5) is 2.38. The van der Waals surface area contributed by atoms with E-state index in [0.29, 0.717) is 0 Å². The highest BCUT2D eigenvalue weighted by molar-refractivity contribution is 5.94. The quantitative estimate of drug-likeness (QED) is 0.881. The summed E-state index contributed by atoms with van der Waals surface area (Å²) < 4.78 is 0. The number of fused-ring (bicyclic) bond motifs is 1. The molecular formula is C17H24N2. The lowest BCUT2D eigenvalue weighted by Gasteiger charge is -2.33. The minimum Gasteiger partial charge on any atom is -0.369 e. The Bertz CT molecular complexity index is 540. The molecule has 0 aliphatic carbocycles. The number of hydrogen-bond donors (Lipinski definition) is 1. The molecule has 2 N–H and O–H groups in total. The molecule has 0 spiro atoms. The number of nitrogens with two attached hydrogens (primary N) is 1. The fourth-order valence-corrected chi connectivity index (χ4v) is 2.40. The Hall–Kier alpha value is -1.54. The molecule has 0 saturated carbocycles. The van der Waals surface area contributed by atoms with Gasteiger partial charge in [-0.1, -0.05) is 43.3 Å². The molecule has 0 bridgehead atoms. The van der Waals surface area contributed by atoms with Gasteiger partial charge in [0.2, 0.25) is 0 Å². The maximum atomic E-state index is 6.33. The minimum atomic E-state index is -0.146. The van der Waals surface area contributed by atoms with E-state index in [2.05, 4.69) is 68.1 Å². The van der Waals surface area contributed by atoms with Gasteiger partial charge in [0, 0.05) is 29.7 Å². The van der Waals surface area contributed by atoms with E-state index < -0.39 is 0 Å². The highest BCUT2D eigenvalue weighted by Crippen LogP contribution is 2.27. The number of benzene rings is 2. The van der Waals surface area contributed by atoms with E-state index in [1.54, 1.807) is 0 Å². The molecule has 0 heterocycles. The van der Waals surface area contributed by atoms with E-state index in [0.717, 1.165) is 19.5 Å². The second kappa shape index (κ2) is 5.62. The topological polar surface area (TPSA) is 29.3 Å². The largest absolute Gasteiger partial charge is 0.369 e. The lowest BCUT2D eigenvalue weighted by atomic mass is 9.98. The van der Waals surface area contributed by atoms with Crippen molar-refractivity contribution >= 4 is 16.5 Å². The lowest BCUT2D eigenvalue weighted by Crippen LogP contribution is -2.47. The monoisotopic (exact) mass is 256 g/mol. The first-order chi connectivity index (χ1) is 9.07. The van der Waals surface area contributed by atoms with Gasteiger partial charge in [-0.15, -0.1) is 0 Å². The normalized spacial score (nSPS) is 14.3. The lowest BCUT2D eigenvalue weighted by molar-refractivity contribution is 0.449. The first kappa shape index (κ1) is 13.9. The Morgan fingerprint density at radius 3 is 2.42 bits per heavy atom. The minimum absolute atomic E-state index is 0.146. The number of rotatable bonds is 5. The van der Waals surface area contributed by atoms with Crippen molar-refractivity contribution in [1.82, 2.24) is 0 Å². The Balaban J connectivity index is 2.41. The van der Waals surface area contributed by atoms with Crippen LogP contribution in [-0.4, -0.2) is 18.6 Å². The van der Waals surface area contributed by atoms with Crippen LogP contribution in [0, 0.1) is 0 Å². The van der Waals surface area contributed by atoms with Crippen molar-refractivity contribution in [2.24, 2.45) is 5.73 Å². The maximum absolute atomic E-state index is 6.33. The Morgan fingerprint density at radius 1 is 1.05 bits per heavy atom. The van der Waals surface area contributed by atoms with Crippen molar-refractivity contribution in [2.75, 3.05) is 18.0 Å². The van der Waals surface area contributed by atoms with Crippen molar-refractivity contribution in [2.45, 2.75) is 32.7 Å². The van der Waals surface area contributed by atoms with Crippen LogP contribution in [0.1, 0.15) is 27.2 Å². The van der Waals surface area contributed by atoms with E-state index in [4.69, 9.17) is 5.73 Å². The summed E-state index contributed by atoms with van der Waals surface area (Å²) >= 11 is 0. The van der Waals surface area contributed by atoms with Gasteiger partial charge < -0.3 is 10.6 Å². The van der Waals surface area contributed by atoms with Gasteiger partial charge in [0.15, 0.2) is 0 Å². The van der Waals surface area contributed by atoms with Crippen LogP contribution in [0.5, 0.6) is 0 Å². The standard InChI is InChI=1S/C17H24N2/c1-4-17(3,18)13-19(5-2)16-12-8-10-14-9-6-7-11-15(14)16/h6-12H,4-5,13,18H2,1-3H3. The van der Waals surface area contributed by atoms with Crippen LogP contribution in [0.2, 0.25) is 0 Å². The zero-order valence-corrected chi connectivity index (χ0v) is 12.2. The van der Waals surface area contributed by atoms with Gasteiger partial charge in [0.1, 0.15) is 0 Å². The van der Waals surface area contributed by atoms with Crippen LogP contribution >= 0.6 is 0 Å². The van der Waals surface area contributed by atoms with Crippen molar-refractivity contribution in [3.05, 3.63) is 42.5 Å². The smallest absolute Gasteiger partial charge is 0.0446 e. The number of likely N-dealkylation sites (N-methyl/N-ethyl adjacent to an activating group) is 1. The molecule has 0 saturated heterocycles. The van der Waals surface area contributed by atoms with Gasteiger partial charge in [-0.25, -0.2) is 0 Å². The first-order valence-corrected chi connectivity index (χ1v) is 7.09. The van der Waals surface area contributed by atoms with Gasteiger partial charge in [-0.2, -0.15) is 0 Å². The van der Waals surface area contributed by atoms with Crippen molar-refractivity contribution in [3.63, 3.8) is 0 Å². The molecule has 0 aliphatic rings. The Labute approximate surface area is 116 Å². The molecule has 0 fully saturated rings. The third-order valence-corrected chi connectivity index (χ3v) is 3.85. The molecule has 0 radical (unpaired) electrons. The summed E-state index contributed by atoms with van der Waals surface area (Å²) in [7, 11) is 0. The zero-order valence-electron chi connectivity index (χ0n) is 12.2. The molecule has 19 heavy (non-hydrogen) atoms. The predicted molar refractivity (Wildman–Crippen MR) is 84.7 cm³/mol. The predicted octanol–water partition coefficient (Wildman–Crippen LogP) is 3.79. The Morgan fingerprint density at radius 2 is 1.74 bits per heavy atom. The average Bonchev–Trinajstić information content (AvgIpc) is 2.44. The third-order valence-electron chi connectivity index (χ3n) is 3.85. The molecule has 2 aromatic carbocycles. The summed E-state index contributed by atoms with van der Waals surface area (Å²) in [5.74, 6) is 0. The van der Waals surface area contributed by atoms with Crippen LogP contribution in [0.25, 0.3) is 10.8 Å². The molecule has 1 unspecified atom stereocenters. The van der Waals surface area contributed by atoms with E-state index >= 15 is 0 Å². The molecular weight excluding hydrogens is 232 g/mol. The van der Waals surface area contributed by atoms with Crippen molar-refractivity contribution in [3.8, 4) is 0 Å². The summed E-state index contributed by atoms with van der Waals surface area (Å²) in [6, 6.07) is 15.0. The molecule has 102 valence electrons. The van der Waals surface area contributed by atoms with E-state index in [1.807, 2.05) is 0 Å². The molecule has 0 aromatic heterocycles. The zero-order chi connectivity index (χ0) is 13.9. The van der Waals surface area contributed by atoms with Crippen LogP contribution in [0.4, 0.5) is 5.69 Å². The average molecular weight is 256 g/mol. The summed E-state index contributed by atoms with van der Waals surface area (Å²) in [5.41, 5.74) is 7.47. The van der Waals surface area contributed by atoms with Crippen molar-refractivity contribution in [1.29, 1.82) is 0 Å². The molecule has 2 nitrogen and oxygen atoms in total. The van der Waals surface area contributed by atoms with Gasteiger partial charge in [-0.3, -0.25) is 0 Å². The second-order valence-corrected chi connectivity index (χ2v) is 5.52. The molecule has 2 rings (SSSR count). The summed E-state index contributed by atoms with van der Waals surface area (Å²) in [5, 5.41) is 2.59. The fraction of sp³-hybridized carbons (Fsp3) is 0.412. The van der Waals surface area contributed by atoms with Crippen LogP contribution in [0.3, 0.4) is 0 Å². The van der Waals surface area contributed by atoms with Gasteiger partial charge >= 0.3 is 0 Å². The molecule has 2 heteroatoms. The third kappa shape index (κ3) is 3.07. The SMILES string of the molecule is CCN(CC(C)(N)CC)c1cccc2ccccc12. The maximum Gasteiger partial charge on any atom is 0.0446 e. The van der Waals surface area contributed by atoms with Crippen LogP contribution in [0.15, 0.2) is 42.5 Å². The Kier molecular flexibility index (Phi) is 4.11. The molecule has 0 aliphatic heterocycles. The van der Waals surface area contributed by atoms with Gasteiger partial charge in [0.05, 0.1) is 0 Å². The van der Waals surface area contributed by atoms with Gasteiger partial charge in [-0.05, 0) is 31.7 Å². The van der Waals surface area contributed by atoms with Crippen LogP contribution in [-0.2, 0) is 0 Å². The van der Waals surface area contributed by atoms with Crippen LogP contribution < -0.4 is 10.6 Å². The number of hydrogen-bond acceptors (Lipinski definition) is 2. The highest BCUT2D eigenvalue weighted by Gasteiger charge is 2.20. The van der Waals surface area contributed by atoms with Gasteiger partial charge in [0.25, 0.3) is 0 Å². The first-order valence-electron chi connectivity index (χ1n) is 7.09. The summed E-state index contributed by atoms with van der Waals surface area (Å²) in [6.45, 7) is 8.32. The number of anilines is 1.